The molecule has 0 fully saturated rings. The lowest BCUT2D eigenvalue weighted by Crippen LogP contribution is -2.42. The summed E-state index contributed by atoms with van der Waals surface area (Å²) in [5, 5.41) is 4.81. The van der Waals surface area contributed by atoms with Crippen molar-refractivity contribution in [1.82, 2.24) is 5.32 Å². The van der Waals surface area contributed by atoms with Gasteiger partial charge in [-0.2, -0.15) is 0 Å². The average molecular weight is 409 g/mol. The number of nitrogens with one attached hydrogen (secondary N) is 2. The third kappa shape index (κ3) is 6.88. The summed E-state index contributed by atoms with van der Waals surface area (Å²) in [6.45, 7) is 0.552. The Labute approximate surface area is 165 Å². The lowest BCUT2D eigenvalue weighted by Gasteiger charge is -2.14. The molecule has 9 heteroatoms. The van der Waals surface area contributed by atoms with Crippen molar-refractivity contribution in [3.05, 3.63) is 59.4 Å². The Balaban J connectivity index is 1.72. The van der Waals surface area contributed by atoms with Crippen molar-refractivity contribution in [3.63, 3.8) is 0 Å². The summed E-state index contributed by atoms with van der Waals surface area (Å²) in [5.74, 6) is -2.00. The Morgan fingerprint density at radius 1 is 1.07 bits per heavy atom. The van der Waals surface area contributed by atoms with Crippen LogP contribution in [-0.2, 0) is 19.1 Å². The summed E-state index contributed by atoms with van der Waals surface area (Å²) >= 11 is 5.80. The molecule has 2 aromatic rings. The Morgan fingerprint density at radius 3 is 2.46 bits per heavy atom. The first-order chi connectivity index (χ1) is 13.3. The molecule has 0 heterocycles. The largest absolute Gasteiger partial charge is 0.484 e. The van der Waals surface area contributed by atoms with E-state index >= 15 is 0 Å². The van der Waals surface area contributed by atoms with Gasteiger partial charge in [-0.1, -0.05) is 29.8 Å². The van der Waals surface area contributed by atoms with Gasteiger partial charge in [0, 0.05) is 0 Å². The van der Waals surface area contributed by atoms with Crippen LogP contribution in [0.5, 0.6) is 5.75 Å². The highest BCUT2D eigenvalue weighted by molar-refractivity contribution is 6.33. The van der Waals surface area contributed by atoms with E-state index in [-0.39, 0.29) is 17.3 Å². The van der Waals surface area contributed by atoms with Crippen molar-refractivity contribution < 1.29 is 28.2 Å². The second-order valence-corrected chi connectivity index (χ2v) is 6.08. The predicted molar refractivity (Wildman–Crippen MR) is 101 cm³/mol. The Morgan fingerprint density at radius 2 is 1.79 bits per heavy atom. The summed E-state index contributed by atoms with van der Waals surface area (Å²) < 4.78 is 23.1. The van der Waals surface area contributed by atoms with Gasteiger partial charge in [0.25, 0.3) is 11.8 Å². The van der Waals surface area contributed by atoms with E-state index in [4.69, 9.17) is 21.1 Å². The molecule has 7 nitrogen and oxygen atoms in total. The van der Waals surface area contributed by atoms with Crippen LogP contribution < -0.4 is 15.4 Å². The summed E-state index contributed by atoms with van der Waals surface area (Å²) in [6.07, 6.45) is 0. The predicted octanol–water partition coefficient (Wildman–Crippen LogP) is 2.54. The maximum Gasteiger partial charge on any atom is 0.328 e. The zero-order valence-corrected chi connectivity index (χ0v) is 15.7. The van der Waals surface area contributed by atoms with Gasteiger partial charge in [0.05, 0.1) is 10.7 Å². The van der Waals surface area contributed by atoms with Crippen LogP contribution >= 0.6 is 11.6 Å². The third-order valence-electron chi connectivity index (χ3n) is 3.39. The lowest BCUT2D eigenvalue weighted by molar-refractivity contribution is -0.150. The summed E-state index contributed by atoms with van der Waals surface area (Å²) in [6, 6.07) is 11.2. The number of benzene rings is 2. The van der Waals surface area contributed by atoms with Gasteiger partial charge < -0.3 is 20.1 Å². The first-order valence-corrected chi connectivity index (χ1v) is 8.61. The molecule has 1 atom stereocenters. The van der Waals surface area contributed by atoms with Crippen molar-refractivity contribution in [2.24, 2.45) is 0 Å². The molecule has 0 spiro atoms. The molecule has 0 aliphatic rings. The van der Waals surface area contributed by atoms with Crippen LogP contribution in [0.3, 0.4) is 0 Å². The van der Waals surface area contributed by atoms with E-state index in [0.29, 0.717) is 5.75 Å². The maximum atomic E-state index is 13.0. The number of carbonyl (C=O) groups is 3. The lowest BCUT2D eigenvalue weighted by atomic mass is 10.3. The first kappa shape index (κ1) is 21.2. The number of halogens is 2. The second kappa shape index (κ2) is 10.3. The van der Waals surface area contributed by atoms with E-state index in [0.717, 1.165) is 12.1 Å². The summed E-state index contributed by atoms with van der Waals surface area (Å²) in [5.41, 5.74) is 0.184. The normalized spacial score (nSPS) is 11.2. The van der Waals surface area contributed by atoms with Gasteiger partial charge in [0.15, 0.2) is 13.2 Å². The minimum absolute atomic E-state index is 0.0127. The zero-order valence-electron chi connectivity index (χ0n) is 14.9. The van der Waals surface area contributed by atoms with Crippen molar-refractivity contribution in [3.8, 4) is 5.75 Å². The second-order valence-electron chi connectivity index (χ2n) is 5.67. The number of para-hydroxylation sites is 1. The monoisotopic (exact) mass is 408 g/mol. The van der Waals surface area contributed by atoms with Crippen molar-refractivity contribution in [2.45, 2.75) is 13.0 Å². The molecule has 2 N–H and O–H groups in total. The number of hydrogen-bond donors (Lipinski definition) is 2. The van der Waals surface area contributed by atoms with Gasteiger partial charge in [0.2, 0.25) is 0 Å². The van der Waals surface area contributed by atoms with Crippen molar-refractivity contribution in [2.75, 3.05) is 18.5 Å². The van der Waals surface area contributed by atoms with E-state index in [1.165, 1.54) is 13.0 Å². The molecule has 0 aliphatic heterocycles. The van der Waals surface area contributed by atoms with Gasteiger partial charge in [-0.05, 0) is 37.3 Å². The van der Waals surface area contributed by atoms with Crippen LogP contribution in [0, 0.1) is 5.82 Å². The topological polar surface area (TPSA) is 93.7 Å². The average Bonchev–Trinajstić information content (AvgIpc) is 2.67. The van der Waals surface area contributed by atoms with Crippen LogP contribution in [0.4, 0.5) is 10.1 Å². The summed E-state index contributed by atoms with van der Waals surface area (Å²) in [7, 11) is 0. The molecule has 0 aromatic heterocycles. The van der Waals surface area contributed by atoms with Gasteiger partial charge >= 0.3 is 5.97 Å². The van der Waals surface area contributed by atoms with E-state index in [1.54, 1.807) is 24.3 Å². The fourth-order valence-corrected chi connectivity index (χ4v) is 2.26. The third-order valence-corrected chi connectivity index (χ3v) is 3.71. The van der Waals surface area contributed by atoms with Crippen LogP contribution in [-0.4, -0.2) is 37.0 Å². The number of anilines is 1. The van der Waals surface area contributed by atoms with Gasteiger partial charge in [0.1, 0.15) is 17.6 Å². The van der Waals surface area contributed by atoms with Crippen molar-refractivity contribution >= 4 is 35.1 Å². The molecular formula is C19H18ClFN2O5. The van der Waals surface area contributed by atoms with Crippen LogP contribution in [0.25, 0.3) is 0 Å². The molecule has 0 aliphatic carbocycles. The quantitative estimate of drug-likeness (QED) is 0.655. The number of rotatable bonds is 8. The van der Waals surface area contributed by atoms with Crippen molar-refractivity contribution in [1.29, 1.82) is 0 Å². The molecule has 0 saturated carbocycles. The molecule has 148 valence electrons. The number of amides is 2. The Bertz CT molecular complexity index is 847. The van der Waals surface area contributed by atoms with Crippen LogP contribution in [0.15, 0.2) is 48.5 Å². The molecule has 0 radical (unpaired) electrons. The standard InChI is InChI=1S/C19H18ClFN2O5/c1-12(22-17(24)10-27-14-5-3-2-4-6-14)19(26)28-11-18(25)23-16-8-7-13(21)9-15(16)20/h2-9,12H,10-11H2,1H3,(H,22,24)(H,23,25)/t12-/m0/s1. The van der Waals surface area contributed by atoms with Gasteiger partial charge in [-0.25, -0.2) is 9.18 Å². The smallest absolute Gasteiger partial charge is 0.328 e. The fourth-order valence-electron chi connectivity index (χ4n) is 2.05. The number of carbonyl (C=O) groups excluding carboxylic acids is 3. The fraction of sp³-hybridized carbons (Fsp3) is 0.211. The number of hydrogen-bond acceptors (Lipinski definition) is 5. The highest BCUT2D eigenvalue weighted by atomic mass is 35.5. The number of ether oxygens (including phenoxy) is 2. The molecule has 2 amide bonds. The Hall–Kier alpha value is -3.13. The van der Waals surface area contributed by atoms with Gasteiger partial charge in [-0.15, -0.1) is 0 Å². The van der Waals surface area contributed by atoms with E-state index in [2.05, 4.69) is 10.6 Å². The van der Waals surface area contributed by atoms with Crippen LogP contribution in [0.1, 0.15) is 6.92 Å². The molecular weight excluding hydrogens is 391 g/mol. The number of esters is 1. The first-order valence-electron chi connectivity index (χ1n) is 8.24. The highest BCUT2D eigenvalue weighted by Crippen LogP contribution is 2.22. The Kier molecular flexibility index (Phi) is 7.76. The molecule has 2 rings (SSSR count). The highest BCUT2D eigenvalue weighted by Gasteiger charge is 2.19. The maximum absolute atomic E-state index is 13.0. The molecule has 0 saturated heterocycles. The van der Waals surface area contributed by atoms with Gasteiger partial charge in [-0.3, -0.25) is 9.59 Å². The molecule has 0 bridgehead atoms. The molecule has 2 aromatic carbocycles. The zero-order chi connectivity index (χ0) is 20.5. The van der Waals surface area contributed by atoms with Crippen LogP contribution in [0.2, 0.25) is 5.02 Å². The minimum Gasteiger partial charge on any atom is -0.484 e. The molecule has 0 unspecified atom stereocenters. The molecule has 28 heavy (non-hydrogen) atoms. The van der Waals surface area contributed by atoms with E-state index in [9.17, 15) is 18.8 Å². The van der Waals surface area contributed by atoms with E-state index in [1.807, 2.05) is 6.07 Å². The SMILES string of the molecule is C[C@H](NC(=O)COc1ccccc1)C(=O)OCC(=O)Nc1ccc(F)cc1Cl. The minimum atomic E-state index is -0.978. The van der Waals surface area contributed by atoms with E-state index < -0.39 is 36.2 Å². The summed E-state index contributed by atoms with van der Waals surface area (Å²) in [4.78, 5) is 35.5.